The fourth-order valence-electron chi connectivity index (χ4n) is 4.14. The molecule has 3 aromatic rings. The van der Waals surface area contributed by atoms with E-state index in [4.69, 9.17) is 21.1 Å². The first kappa shape index (κ1) is 24.8. The Morgan fingerprint density at radius 2 is 2.15 bits per heavy atom. The van der Waals surface area contributed by atoms with Crippen molar-refractivity contribution in [1.82, 2.24) is 14.5 Å². The molecule has 1 unspecified atom stereocenters. The maximum atomic E-state index is 12.4. The standard InChI is InChI=1S/C26H32ClN3O3S/c1-5-25(31)30-10-11-32-17-24(30)19-14-20(16-21(27)15-19)26-22-7-9-29(23(22)6-8-28-26)18-33-12-13-34(2,3)4/h5-9,14-16,24H,1,10-13,17-18H2,2-4H3. The lowest BCUT2D eigenvalue weighted by Gasteiger charge is -2.35. The summed E-state index contributed by atoms with van der Waals surface area (Å²) in [6.45, 7) is 6.34. The fraction of sp³-hybridized carbons (Fsp3) is 0.385. The van der Waals surface area contributed by atoms with Crippen LogP contribution in [0, 0.1) is 0 Å². The number of carbonyl (C=O) groups excluding carboxylic acids is 1. The molecule has 1 atom stereocenters. The number of fused-ring (bicyclic) bond motifs is 1. The van der Waals surface area contributed by atoms with Crippen LogP contribution in [-0.2, 0) is 21.0 Å². The van der Waals surface area contributed by atoms with Crippen molar-refractivity contribution in [3.63, 3.8) is 0 Å². The minimum absolute atomic E-state index is 0.111. The minimum atomic E-state index is -0.575. The van der Waals surface area contributed by atoms with Crippen LogP contribution in [0.2, 0.25) is 5.02 Å². The quantitative estimate of drug-likeness (QED) is 0.318. The third kappa shape index (κ3) is 5.66. The van der Waals surface area contributed by atoms with E-state index in [1.165, 1.54) is 6.08 Å². The van der Waals surface area contributed by atoms with Crippen molar-refractivity contribution in [2.75, 3.05) is 50.9 Å². The number of halogens is 1. The SMILES string of the molecule is C=CC(=O)N1CCOCC1c1cc(Cl)cc(-c2nccc3c2ccn3COCCS(C)(C)C)c1. The Morgan fingerprint density at radius 3 is 2.91 bits per heavy atom. The first-order valence-corrected chi connectivity index (χ1v) is 14.7. The molecule has 8 heteroatoms. The second-order valence-electron chi connectivity index (χ2n) is 9.31. The molecule has 6 nitrogen and oxygen atoms in total. The van der Waals surface area contributed by atoms with Crippen LogP contribution in [0.25, 0.3) is 22.2 Å². The van der Waals surface area contributed by atoms with Gasteiger partial charge in [0.05, 0.1) is 37.1 Å². The van der Waals surface area contributed by atoms with Crippen LogP contribution in [0.15, 0.2) is 55.4 Å². The molecule has 1 aliphatic heterocycles. The molecule has 1 aliphatic rings. The number of hydrogen-bond acceptors (Lipinski definition) is 4. The second-order valence-corrected chi connectivity index (χ2v) is 14.3. The molecule has 3 heterocycles. The molecule has 0 N–H and O–H groups in total. The molecule has 1 amide bonds. The summed E-state index contributed by atoms with van der Waals surface area (Å²) in [6, 6.07) is 9.70. The Kier molecular flexibility index (Phi) is 7.67. The van der Waals surface area contributed by atoms with Crippen LogP contribution >= 0.6 is 21.6 Å². The smallest absolute Gasteiger partial charge is 0.246 e. The van der Waals surface area contributed by atoms with Crippen LogP contribution < -0.4 is 0 Å². The minimum Gasteiger partial charge on any atom is -0.377 e. The zero-order chi connectivity index (χ0) is 24.3. The Hall–Kier alpha value is -2.32. The van der Waals surface area contributed by atoms with Crippen LogP contribution in [-0.4, -0.2) is 71.2 Å². The molecule has 0 bridgehead atoms. The van der Waals surface area contributed by atoms with Crippen molar-refractivity contribution in [3.05, 3.63) is 66.0 Å². The van der Waals surface area contributed by atoms with E-state index in [-0.39, 0.29) is 11.9 Å². The Balaban J connectivity index is 1.63. The average Bonchev–Trinajstić information content (AvgIpc) is 3.23. The number of aromatic nitrogens is 2. The van der Waals surface area contributed by atoms with Gasteiger partial charge in [0.1, 0.15) is 6.73 Å². The Labute approximate surface area is 207 Å². The van der Waals surface area contributed by atoms with Gasteiger partial charge in [0.2, 0.25) is 5.91 Å². The van der Waals surface area contributed by atoms with Gasteiger partial charge in [0, 0.05) is 40.7 Å². The summed E-state index contributed by atoms with van der Waals surface area (Å²) in [7, 11) is -0.575. The fourth-order valence-corrected chi connectivity index (χ4v) is 5.00. The zero-order valence-corrected chi connectivity index (χ0v) is 21.6. The number of morpholine rings is 1. The van der Waals surface area contributed by atoms with E-state index in [1.807, 2.05) is 30.6 Å². The van der Waals surface area contributed by atoms with Gasteiger partial charge in [0.25, 0.3) is 0 Å². The van der Waals surface area contributed by atoms with Gasteiger partial charge in [0.15, 0.2) is 0 Å². The lowest BCUT2D eigenvalue weighted by atomic mass is 9.99. The number of carbonyl (C=O) groups is 1. The lowest BCUT2D eigenvalue weighted by molar-refractivity contribution is -0.134. The van der Waals surface area contributed by atoms with Gasteiger partial charge in [-0.25, -0.2) is 10.0 Å². The van der Waals surface area contributed by atoms with E-state index in [1.54, 1.807) is 4.90 Å². The number of benzene rings is 1. The van der Waals surface area contributed by atoms with Gasteiger partial charge < -0.3 is 18.9 Å². The van der Waals surface area contributed by atoms with Crippen LogP contribution in [0.4, 0.5) is 0 Å². The van der Waals surface area contributed by atoms with E-state index in [2.05, 4.69) is 47.0 Å². The molecule has 34 heavy (non-hydrogen) atoms. The number of nitrogens with zero attached hydrogens (tertiary/aromatic N) is 3. The number of ether oxygens (including phenoxy) is 2. The highest BCUT2D eigenvalue weighted by molar-refractivity contribution is 8.32. The first-order chi connectivity index (χ1) is 16.3. The predicted molar refractivity (Wildman–Crippen MR) is 142 cm³/mol. The maximum absolute atomic E-state index is 12.4. The number of rotatable bonds is 8. The molecule has 4 rings (SSSR count). The van der Waals surface area contributed by atoms with Gasteiger partial charge in [-0.05, 0) is 60.7 Å². The largest absolute Gasteiger partial charge is 0.377 e. The molecular formula is C26H32ClN3O3S. The van der Waals surface area contributed by atoms with Crippen molar-refractivity contribution >= 4 is 38.4 Å². The van der Waals surface area contributed by atoms with Crippen molar-refractivity contribution in [2.24, 2.45) is 0 Å². The molecule has 0 saturated carbocycles. The molecule has 1 aromatic carbocycles. The van der Waals surface area contributed by atoms with Gasteiger partial charge in [-0.15, -0.1) is 0 Å². The summed E-state index contributed by atoms with van der Waals surface area (Å²) >= 11 is 6.54. The summed E-state index contributed by atoms with van der Waals surface area (Å²) in [5.41, 5.74) is 3.72. The van der Waals surface area contributed by atoms with E-state index in [9.17, 15) is 4.79 Å². The van der Waals surface area contributed by atoms with Crippen molar-refractivity contribution < 1.29 is 14.3 Å². The molecule has 0 spiro atoms. The lowest BCUT2D eigenvalue weighted by Crippen LogP contribution is -2.42. The molecule has 1 fully saturated rings. The first-order valence-electron chi connectivity index (χ1n) is 11.3. The normalized spacial score (nSPS) is 17.2. The second kappa shape index (κ2) is 10.5. The molecule has 1 saturated heterocycles. The van der Waals surface area contributed by atoms with Crippen LogP contribution in [0.1, 0.15) is 11.6 Å². The van der Waals surface area contributed by atoms with Crippen LogP contribution in [0.3, 0.4) is 0 Å². The molecular weight excluding hydrogens is 470 g/mol. The van der Waals surface area contributed by atoms with Crippen molar-refractivity contribution in [3.8, 4) is 11.3 Å². The van der Waals surface area contributed by atoms with E-state index in [0.717, 1.165) is 40.1 Å². The summed E-state index contributed by atoms with van der Waals surface area (Å²) in [5, 5.41) is 1.62. The third-order valence-electron chi connectivity index (χ3n) is 5.93. The molecule has 2 aromatic heterocycles. The van der Waals surface area contributed by atoms with Crippen molar-refractivity contribution in [1.29, 1.82) is 0 Å². The van der Waals surface area contributed by atoms with E-state index < -0.39 is 10.0 Å². The van der Waals surface area contributed by atoms with Gasteiger partial charge in [-0.3, -0.25) is 9.78 Å². The summed E-state index contributed by atoms with van der Waals surface area (Å²) in [6.07, 6.45) is 12.1. The van der Waals surface area contributed by atoms with E-state index >= 15 is 0 Å². The van der Waals surface area contributed by atoms with Crippen molar-refractivity contribution in [2.45, 2.75) is 12.8 Å². The van der Waals surface area contributed by atoms with Crippen LogP contribution in [0.5, 0.6) is 0 Å². The van der Waals surface area contributed by atoms with Gasteiger partial charge in [-0.1, -0.05) is 18.2 Å². The van der Waals surface area contributed by atoms with Gasteiger partial charge in [-0.2, -0.15) is 0 Å². The highest BCUT2D eigenvalue weighted by atomic mass is 35.5. The summed E-state index contributed by atoms with van der Waals surface area (Å²) < 4.78 is 13.7. The van der Waals surface area contributed by atoms with E-state index in [0.29, 0.717) is 31.5 Å². The third-order valence-corrected chi connectivity index (χ3v) is 7.54. The Morgan fingerprint density at radius 1 is 1.32 bits per heavy atom. The molecule has 182 valence electrons. The predicted octanol–water partition coefficient (Wildman–Crippen LogP) is 5.11. The number of amides is 1. The average molecular weight is 502 g/mol. The van der Waals surface area contributed by atoms with Gasteiger partial charge >= 0.3 is 0 Å². The summed E-state index contributed by atoms with van der Waals surface area (Å²) in [4.78, 5) is 18.9. The number of hydrogen-bond donors (Lipinski definition) is 0. The topological polar surface area (TPSA) is 56.6 Å². The Bertz CT molecular complexity index is 1190. The zero-order valence-electron chi connectivity index (χ0n) is 20.0. The number of pyridine rings is 1. The summed E-state index contributed by atoms with van der Waals surface area (Å²) in [5.74, 6) is 0.973. The highest BCUT2D eigenvalue weighted by Gasteiger charge is 2.28. The highest BCUT2D eigenvalue weighted by Crippen LogP contribution is 2.35. The molecule has 0 aliphatic carbocycles. The monoisotopic (exact) mass is 501 g/mol. The molecule has 0 radical (unpaired) electrons. The maximum Gasteiger partial charge on any atom is 0.246 e.